The lowest BCUT2D eigenvalue weighted by molar-refractivity contribution is -0.552. The maximum atomic E-state index is 5.53. The summed E-state index contributed by atoms with van der Waals surface area (Å²) < 4.78 is 10.8. The molecule has 2 heterocycles. The normalized spacial score (nSPS) is 30.2. The molecule has 0 aromatic heterocycles. The summed E-state index contributed by atoms with van der Waals surface area (Å²) in [5.74, 6) is 0. The Morgan fingerprint density at radius 2 is 2.07 bits per heavy atom. The monoisotopic (exact) mass is 204 g/mol. The highest BCUT2D eigenvalue weighted by Gasteiger charge is 2.50. The molecule has 82 valence electrons. The van der Waals surface area contributed by atoms with Crippen molar-refractivity contribution in [3.63, 3.8) is 0 Å². The summed E-state index contributed by atoms with van der Waals surface area (Å²) in [5, 5.41) is 4.40. The average Bonchev–Trinajstić information content (AvgIpc) is 3.03. The van der Waals surface area contributed by atoms with Crippen LogP contribution < -0.4 is 0 Å². The van der Waals surface area contributed by atoms with Crippen molar-refractivity contribution < 1.29 is 24.3 Å². The van der Waals surface area contributed by atoms with Crippen molar-refractivity contribution in [3.05, 3.63) is 0 Å². The Morgan fingerprint density at radius 3 is 2.64 bits per heavy atom. The number of rotatable bonds is 5. The van der Waals surface area contributed by atoms with Crippen LogP contribution in [-0.2, 0) is 24.3 Å². The molecule has 0 bridgehead atoms. The lowest BCUT2D eigenvalue weighted by Gasteiger charge is -2.32. The molecule has 5 heteroatoms. The molecule has 2 saturated heterocycles. The summed E-state index contributed by atoms with van der Waals surface area (Å²) in [6.45, 7) is 5.16. The van der Waals surface area contributed by atoms with Crippen molar-refractivity contribution >= 4 is 0 Å². The molecule has 0 aliphatic carbocycles. The van der Waals surface area contributed by atoms with Gasteiger partial charge in [-0.2, -0.15) is 0 Å². The van der Waals surface area contributed by atoms with E-state index >= 15 is 0 Å². The maximum absolute atomic E-state index is 5.53. The summed E-state index contributed by atoms with van der Waals surface area (Å²) in [6.07, 6.45) is 1.21. The second-order valence-electron chi connectivity index (χ2n) is 3.83. The van der Waals surface area contributed by atoms with E-state index in [1.807, 2.05) is 0 Å². The Hall–Kier alpha value is -0.200. The van der Waals surface area contributed by atoms with Gasteiger partial charge in [0, 0.05) is 6.61 Å². The van der Waals surface area contributed by atoms with Gasteiger partial charge in [-0.3, -0.25) is 0 Å². The van der Waals surface area contributed by atoms with E-state index in [-0.39, 0.29) is 11.5 Å². The molecule has 0 aromatic carbocycles. The van der Waals surface area contributed by atoms with Crippen LogP contribution in [0.5, 0.6) is 0 Å². The Kier molecular flexibility index (Phi) is 3.35. The van der Waals surface area contributed by atoms with Crippen LogP contribution in [0.3, 0.4) is 0 Å². The van der Waals surface area contributed by atoms with Crippen LogP contribution >= 0.6 is 0 Å². The van der Waals surface area contributed by atoms with Gasteiger partial charge in [-0.15, -0.1) is 0 Å². The van der Waals surface area contributed by atoms with Crippen molar-refractivity contribution in [1.29, 1.82) is 0 Å². The highest BCUT2D eigenvalue weighted by molar-refractivity contribution is 4.94. The van der Waals surface area contributed by atoms with Crippen molar-refractivity contribution in [2.75, 3.05) is 33.0 Å². The first kappa shape index (κ1) is 10.3. The third-order valence-corrected chi connectivity index (χ3v) is 2.54. The summed E-state index contributed by atoms with van der Waals surface area (Å²) >= 11 is 0. The molecule has 1 unspecified atom stereocenters. The average molecular weight is 204 g/mol. The predicted molar refractivity (Wildman–Crippen MR) is 46.3 cm³/mol. The van der Waals surface area contributed by atoms with Crippen molar-refractivity contribution in [2.24, 2.45) is 5.41 Å². The van der Waals surface area contributed by atoms with E-state index in [2.05, 4.69) is 12.0 Å². The number of hydrogen-bond donors (Lipinski definition) is 0. The van der Waals surface area contributed by atoms with Gasteiger partial charge in [0.05, 0.1) is 37.9 Å². The molecule has 0 saturated carbocycles. The van der Waals surface area contributed by atoms with Crippen LogP contribution in [-0.4, -0.2) is 39.1 Å². The SMILES string of the molecule is CCCOCC1(C2CO2)COOOC1. The molecule has 14 heavy (non-hydrogen) atoms. The van der Waals surface area contributed by atoms with Crippen LogP contribution in [0.2, 0.25) is 0 Å². The molecule has 2 rings (SSSR count). The highest BCUT2D eigenvalue weighted by Crippen LogP contribution is 2.36. The fourth-order valence-electron chi connectivity index (χ4n) is 1.54. The zero-order valence-corrected chi connectivity index (χ0v) is 8.36. The van der Waals surface area contributed by atoms with Crippen LogP contribution in [0.1, 0.15) is 13.3 Å². The molecule has 2 aliphatic heterocycles. The Balaban J connectivity index is 1.84. The predicted octanol–water partition coefficient (Wildman–Crippen LogP) is 0.692. The Morgan fingerprint density at radius 1 is 1.36 bits per heavy atom. The summed E-state index contributed by atoms with van der Waals surface area (Å²) in [5.41, 5.74) is -0.173. The first-order valence-corrected chi connectivity index (χ1v) is 4.98. The van der Waals surface area contributed by atoms with Gasteiger partial charge in [0.1, 0.15) is 0 Å². The Labute approximate surface area is 83.1 Å². The smallest absolute Gasteiger partial charge is 0.0981 e. The van der Waals surface area contributed by atoms with Gasteiger partial charge in [0.25, 0.3) is 0 Å². The second kappa shape index (κ2) is 4.55. The molecule has 0 spiro atoms. The quantitative estimate of drug-likeness (QED) is 0.374. The number of ether oxygens (including phenoxy) is 2. The molecule has 0 radical (unpaired) electrons. The standard InChI is InChI=1S/C9H16O5/c1-2-3-10-5-9(8-4-11-8)6-12-14-13-7-9/h8H,2-7H2,1H3. The van der Waals surface area contributed by atoms with E-state index < -0.39 is 0 Å². The van der Waals surface area contributed by atoms with Gasteiger partial charge < -0.3 is 9.47 Å². The highest BCUT2D eigenvalue weighted by atomic mass is 17.5. The molecule has 1 atom stereocenters. The van der Waals surface area contributed by atoms with Crippen LogP contribution in [0, 0.1) is 5.41 Å². The van der Waals surface area contributed by atoms with E-state index in [4.69, 9.17) is 19.2 Å². The third kappa shape index (κ3) is 2.24. The van der Waals surface area contributed by atoms with E-state index in [1.54, 1.807) is 0 Å². The molecule has 0 amide bonds. The molecule has 2 fully saturated rings. The van der Waals surface area contributed by atoms with Crippen LogP contribution in [0.4, 0.5) is 0 Å². The van der Waals surface area contributed by atoms with Gasteiger partial charge in [0.2, 0.25) is 0 Å². The van der Waals surface area contributed by atoms with E-state index in [0.717, 1.165) is 19.6 Å². The van der Waals surface area contributed by atoms with E-state index in [1.165, 1.54) is 0 Å². The van der Waals surface area contributed by atoms with Gasteiger partial charge >= 0.3 is 0 Å². The van der Waals surface area contributed by atoms with Gasteiger partial charge in [-0.05, 0) is 6.42 Å². The topological polar surface area (TPSA) is 49.5 Å². The third-order valence-electron chi connectivity index (χ3n) is 2.54. The largest absolute Gasteiger partial charge is 0.381 e. The fourth-order valence-corrected chi connectivity index (χ4v) is 1.54. The first-order valence-electron chi connectivity index (χ1n) is 4.98. The zero-order valence-electron chi connectivity index (χ0n) is 8.36. The van der Waals surface area contributed by atoms with Gasteiger partial charge in [-0.25, -0.2) is 9.78 Å². The fraction of sp³-hybridized carbons (Fsp3) is 1.00. The number of hydrogen-bond acceptors (Lipinski definition) is 5. The lowest BCUT2D eigenvalue weighted by atomic mass is 9.87. The summed E-state index contributed by atoms with van der Waals surface area (Å²) in [7, 11) is 0. The van der Waals surface area contributed by atoms with Gasteiger partial charge in [-0.1, -0.05) is 12.0 Å². The molecule has 0 N–H and O–H groups in total. The Bertz CT molecular complexity index is 174. The van der Waals surface area contributed by atoms with Crippen molar-refractivity contribution in [3.8, 4) is 0 Å². The number of epoxide rings is 1. The van der Waals surface area contributed by atoms with E-state index in [9.17, 15) is 0 Å². The lowest BCUT2D eigenvalue weighted by Crippen LogP contribution is -2.45. The van der Waals surface area contributed by atoms with Crippen LogP contribution in [0.25, 0.3) is 0 Å². The maximum Gasteiger partial charge on any atom is 0.0981 e. The molecular weight excluding hydrogens is 188 g/mol. The van der Waals surface area contributed by atoms with Gasteiger partial charge in [0.15, 0.2) is 0 Å². The minimum atomic E-state index is -0.173. The molecule has 5 nitrogen and oxygen atoms in total. The molecule has 0 aromatic rings. The first-order chi connectivity index (χ1) is 6.87. The van der Waals surface area contributed by atoms with E-state index in [0.29, 0.717) is 19.8 Å². The van der Waals surface area contributed by atoms with Crippen molar-refractivity contribution in [2.45, 2.75) is 19.4 Å². The van der Waals surface area contributed by atoms with Crippen LogP contribution in [0.15, 0.2) is 0 Å². The zero-order chi connectivity index (χ0) is 9.86. The minimum absolute atomic E-state index is 0.173. The summed E-state index contributed by atoms with van der Waals surface area (Å²) in [4.78, 5) is 9.67. The minimum Gasteiger partial charge on any atom is -0.381 e. The summed E-state index contributed by atoms with van der Waals surface area (Å²) in [6, 6.07) is 0. The molecular formula is C9H16O5. The molecule has 2 aliphatic rings. The second-order valence-corrected chi connectivity index (χ2v) is 3.83. The van der Waals surface area contributed by atoms with Crippen molar-refractivity contribution in [1.82, 2.24) is 0 Å².